The van der Waals surface area contributed by atoms with Crippen LogP contribution in [0.3, 0.4) is 0 Å². The monoisotopic (exact) mass is 431 g/mol. The van der Waals surface area contributed by atoms with Crippen LogP contribution < -0.4 is 4.74 Å². The minimum absolute atomic E-state index is 0.181. The first kappa shape index (κ1) is 22.6. The largest absolute Gasteiger partial charge is 0.497 e. The Hall–Kier alpha value is -2.06. The number of carbonyl (C=O) groups excluding carboxylic acids is 1. The Labute approximate surface area is 183 Å². The van der Waals surface area contributed by atoms with E-state index in [0.717, 1.165) is 61.6 Å². The molecule has 1 atom stereocenters. The summed E-state index contributed by atoms with van der Waals surface area (Å²) in [6, 6.07) is 7.85. The van der Waals surface area contributed by atoms with Crippen molar-refractivity contribution >= 4 is 17.7 Å². The second-order valence-electron chi connectivity index (χ2n) is 8.06. The number of carbonyl (C=O) groups is 1. The molecule has 1 saturated heterocycles. The Kier molecular flexibility index (Phi) is 7.77. The van der Waals surface area contributed by atoms with Gasteiger partial charge in [-0.3, -0.25) is 4.79 Å². The van der Waals surface area contributed by atoms with Gasteiger partial charge >= 0.3 is 0 Å². The Balaban J connectivity index is 1.76. The van der Waals surface area contributed by atoms with Gasteiger partial charge in [-0.1, -0.05) is 32.5 Å². The molecule has 0 saturated carbocycles. The molecular weight excluding hydrogens is 398 g/mol. The second kappa shape index (κ2) is 10.3. The summed E-state index contributed by atoms with van der Waals surface area (Å²) < 4.78 is 7.40. The van der Waals surface area contributed by atoms with Gasteiger partial charge in [0.15, 0.2) is 11.0 Å². The lowest BCUT2D eigenvalue weighted by Crippen LogP contribution is -2.50. The van der Waals surface area contributed by atoms with Crippen molar-refractivity contribution in [2.75, 3.05) is 39.8 Å². The maximum Gasteiger partial charge on any atom is 0.235 e. The molecule has 2 heterocycles. The fourth-order valence-electron chi connectivity index (χ4n) is 3.61. The molecular formula is C22H33N5O2S. The van der Waals surface area contributed by atoms with Crippen molar-refractivity contribution in [3.8, 4) is 17.1 Å². The maximum atomic E-state index is 13.0. The van der Waals surface area contributed by atoms with Crippen LogP contribution in [0.2, 0.25) is 0 Å². The summed E-state index contributed by atoms with van der Waals surface area (Å²) in [6.45, 7) is 13.8. The zero-order valence-electron chi connectivity index (χ0n) is 18.7. The fourth-order valence-corrected chi connectivity index (χ4v) is 4.55. The van der Waals surface area contributed by atoms with Gasteiger partial charge in [0.25, 0.3) is 0 Å². The van der Waals surface area contributed by atoms with E-state index in [1.54, 1.807) is 7.11 Å². The minimum Gasteiger partial charge on any atom is -0.497 e. The van der Waals surface area contributed by atoms with E-state index in [1.807, 2.05) is 36.1 Å². The van der Waals surface area contributed by atoms with Crippen molar-refractivity contribution in [2.24, 2.45) is 5.92 Å². The van der Waals surface area contributed by atoms with E-state index >= 15 is 0 Å². The molecule has 1 unspecified atom stereocenters. The summed E-state index contributed by atoms with van der Waals surface area (Å²) >= 11 is 1.50. The molecule has 164 valence electrons. The molecule has 0 spiro atoms. The Morgan fingerprint density at radius 2 is 1.77 bits per heavy atom. The normalized spacial score (nSPS) is 16.1. The lowest BCUT2D eigenvalue weighted by atomic mass is 10.2. The van der Waals surface area contributed by atoms with Crippen molar-refractivity contribution < 1.29 is 9.53 Å². The molecule has 0 radical (unpaired) electrons. The molecule has 0 N–H and O–H groups in total. The lowest BCUT2D eigenvalue weighted by Gasteiger charge is -2.35. The van der Waals surface area contributed by atoms with Crippen LogP contribution in [0.5, 0.6) is 5.75 Å². The first-order valence-corrected chi connectivity index (χ1v) is 11.6. The zero-order chi connectivity index (χ0) is 21.7. The predicted octanol–water partition coefficient (Wildman–Crippen LogP) is 3.25. The van der Waals surface area contributed by atoms with Gasteiger partial charge in [-0.2, -0.15) is 0 Å². The smallest absolute Gasteiger partial charge is 0.235 e. The topological polar surface area (TPSA) is 63.5 Å². The number of rotatable bonds is 8. The molecule has 30 heavy (non-hydrogen) atoms. The van der Waals surface area contributed by atoms with Gasteiger partial charge < -0.3 is 19.1 Å². The maximum absolute atomic E-state index is 13.0. The van der Waals surface area contributed by atoms with Crippen LogP contribution in [0.25, 0.3) is 11.4 Å². The van der Waals surface area contributed by atoms with Crippen LogP contribution in [0.4, 0.5) is 0 Å². The average molecular weight is 432 g/mol. The van der Waals surface area contributed by atoms with Crippen LogP contribution >= 0.6 is 11.8 Å². The highest BCUT2D eigenvalue weighted by Crippen LogP contribution is 2.29. The number of ether oxygens (including phenoxy) is 1. The highest BCUT2D eigenvalue weighted by atomic mass is 32.2. The molecule has 1 aromatic heterocycles. The Morgan fingerprint density at radius 3 is 2.33 bits per heavy atom. The van der Waals surface area contributed by atoms with Crippen LogP contribution in [0.1, 0.15) is 27.7 Å². The number of benzene rings is 1. The van der Waals surface area contributed by atoms with Gasteiger partial charge in [0.05, 0.1) is 12.4 Å². The first-order valence-electron chi connectivity index (χ1n) is 10.7. The quantitative estimate of drug-likeness (QED) is 0.598. The average Bonchev–Trinajstić information content (AvgIpc) is 3.14. The molecule has 1 aromatic carbocycles. The van der Waals surface area contributed by atoms with Crippen molar-refractivity contribution in [3.63, 3.8) is 0 Å². The fraction of sp³-hybridized carbons (Fsp3) is 0.591. The second-order valence-corrected chi connectivity index (χ2v) is 9.37. The van der Waals surface area contributed by atoms with E-state index in [0.29, 0.717) is 5.92 Å². The van der Waals surface area contributed by atoms with Crippen LogP contribution in [-0.4, -0.2) is 75.6 Å². The molecule has 1 fully saturated rings. The van der Waals surface area contributed by atoms with Gasteiger partial charge in [-0.15, -0.1) is 10.2 Å². The number of likely N-dealkylation sites (N-methyl/N-ethyl adjacent to an activating group) is 1. The molecule has 0 bridgehead atoms. The summed E-state index contributed by atoms with van der Waals surface area (Å²) in [7, 11) is 1.66. The number of hydrogen-bond acceptors (Lipinski definition) is 6. The molecule has 1 amide bonds. The SMILES string of the molecule is CCN1CCN(C(=O)C(C)Sc2nnc(-c3ccc(OC)cc3)n2CC(C)C)CC1. The summed E-state index contributed by atoms with van der Waals surface area (Å²) in [4.78, 5) is 17.4. The molecule has 1 aliphatic heterocycles. The van der Waals surface area contributed by atoms with Gasteiger partial charge in [-0.05, 0) is 43.7 Å². The molecule has 7 nitrogen and oxygen atoms in total. The van der Waals surface area contributed by atoms with Crippen LogP contribution in [0.15, 0.2) is 29.4 Å². The van der Waals surface area contributed by atoms with E-state index in [1.165, 1.54) is 11.8 Å². The third-order valence-corrected chi connectivity index (χ3v) is 6.44. The molecule has 0 aliphatic carbocycles. The Bertz CT molecular complexity index is 829. The number of methoxy groups -OCH3 is 1. The predicted molar refractivity (Wildman–Crippen MR) is 121 cm³/mol. The van der Waals surface area contributed by atoms with Gasteiger partial charge in [0, 0.05) is 38.3 Å². The standard InChI is InChI=1S/C22H33N5O2S/c1-6-25-11-13-26(14-12-25)21(28)17(4)30-22-24-23-20(27(22)15-16(2)3)18-7-9-19(29-5)10-8-18/h7-10,16-17H,6,11-15H2,1-5H3. The van der Waals surface area contributed by atoms with Crippen molar-refractivity contribution in [1.29, 1.82) is 0 Å². The highest BCUT2D eigenvalue weighted by molar-refractivity contribution is 8.00. The van der Waals surface area contributed by atoms with Gasteiger partial charge in [0.2, 0.25) is 5.91 Å². The van der Waals surface area contributed by atoms with Crippen molar-refractivity contribution in [2.45, 2.75) is 44.6 Å². The first-order chi connectivity index (χ1) is 14.4. The lowest BCUT2D eigenvalue weighted by molar-refractivity contribution is -0.132. The van der Waals surface area contributed by atoms with Gasteiger partial charge in [0.1, 0.15) is 5.75 Å². The summed E-state index contributed by atoms with van der Waals surface area (Å²) in [5.74, 6) is 2.25. The highest BCUT2D eigenvalue weighted by Gasteiger charge is 2.27. The summed E-state index contributed by atoms with van der Waals surface area (Å²) in [6.07, 6.45) is 0. The Morgan fingerprint density at radius 1 is 1.10 bits per heavy atom. The zero-order valence-corrected chi connectivity index (χ0v) is 19.5. The molecule has 1 aliphatic rings. The number of aromatic nitrogens is 3. The molecule has 3 rings (SSSR count). The minimum atomic E-state index is -0.197. The third kappa shape index (κ3) is 5.35. The van der Waals surface area contributed by atoms with Gasteiger partial charge in [-0.25, -0.2) is 0 Å². The van der Waals surface area contributed by atoms with E-state index in [2.05, 4.69) is 40.4 Å². The van der Waals surface area contributed by atoms with Crippen LogP contribution in [-0.2, 0) is 11.3 Å². The van der Waals surface area contributed by atoms with E-state index in [-0.39, 0.29) is 11.2 Å². The number of amides is 1. The van der Waals surface area contributed by atoms with Crippen molar-refractivity contribution in [1.82, 2.24) is 24.6 Å². The van der Waals surface area contributed by atoms with E-state index < -0.39 is 0 Å². The van der Waals surface area contributed by atoms with E-state index in [4.69, 9.17) is 4.74 Å². The summed E-state index contributed by atoms with van der Waals surface area (Å²) in [5, 5.41) is 9.50. The number of thioether (sulfide) groups is 1. The van der Waals surface area contributed by atoms with Crippen LogP contribution in [0, 0.1) is 5.92 Å². The third-order valence-electron chi connectivity index (χ3n) is 5.37. The van der Waals surface area contributed by atoms with E-state index in [9.17, 15) is 4.79 Å². The number of hydrogen-bond donors (Lipinski definition) is 0. The van der Waals surface area contributed by atoms with Crippen molar-refractivity contribution in [3.05, 3.63) is 24.3 Å². The summed E-state index contributed by atoms with van der Waals surface area (Å²) in [5.41, 5.74) is 0.991. The molecule has 2 aromatic rings. The molecule has 8 heteroatoms. The number of piperazine rings is 1. The number of nitrogens with zero attached hydrogens (tertiary/aromatic N) is 5.